The number of allylic oxidation sites excluding steroid dienone is 1. The van der Waals surface area contributed by atoms with E-state index in [-0.39, 0.29) is 11.9 Å². The van der Waals surface area contributed by atoms with E-state index in [2.05, 4.69) is 9.73 Å². The molecule has 7 heteroatoms. The molecule has 0 aromatic heterocycles. The Morgan fingerprint density at radius 1 is 1.53 bits per heavy atom. The molecule has 0 amide bonds. The van der Waals surface area contributed by atoms with E-state index in [1.807, 2.05) is 0 Å². The fourth-order valence-electron chi connectivity index (χ4n) is 0.655. The fourth-order valence-corrected chi connectivity index (χ4v) is 1.31. The first-order valence-electron chi connectivity index (χ1n) is 3.95. The Balaban J connectivity index is 4.79. The summed E-state index contributed by atoms with van der Waals surface area (Å²) < 4.78 is 20.5. The standard InChI is InChI=1S/C8H12NO5P/c1-13-8(11)7(9-6-10)4-5-15(3,12)14-2/h4H,5H2,1-3H3. The number of methoxy groups -OCH3 is 1. The zero-order valence-electron chi connectivity index (χ0n) is 8.72. The van der Waals surface area contributed by atoms with Crippen LogP contribution in [0.5, 0.6) is 0 Å². The van der Waals surface area contributed by atoms with Gasteiger partial charge in [-0.3, -0.25) is 4.57 Å². The smallest absolute Gasteiger partial charge is 0.357 e. The van der Waals surface area contributed by atoms with Crippen molar-refractivity contribution in [2.75, 3.05) is 27.0 Å². The molecule has 0 rings (SSSR count). The first-order chi connectivity index (χ1) is 6.96. The van der Waals surface area contributed by atoms with Gasteiger partial charge in [0, 0.05) is 19.9 Å². The van der Waals surface area contributed by atoms with Gasteiger partial charge in [0.15, 0.2) is 5.70 Å². The fraction of sp³-hybridized carbons (Fsp3) is 0.500. The summed E-state index contributed by atoms with van der Waals surface area (Å²) in [5.41, 5.74) is -0.230. The number of nitrogens with zero attached hydrogens (tertiary/aromatic N) is 1. The number of rotatable bonds is 5. The van der Waals surface area contributed by atoms with Gasteiger partial charge in [0.2, 0.25) is 13.4 Å². The van der Waals surface area contributed by atoms with Crippen molar-refractivity contribution < 1.29 is 23.4 Å². The number of aliphatic imine (C=N–C) groups is 1. The van der Waals surface area contributed by atoms with Gasteiger partial charge in [0.25, 0.3) is 0 Å². The second-order valence-corrected chi connectivity index (χ2v) is 5.42. The van der Waals surface area contributed by atoms with Gasteiger partial charge >= 0.3 is 5.97 Å². The predicted molar refractivity (Wildman–Crippen MR) is 53.6 cm³/mol. The quantitative estimate of drug-likeness (QED) is 0.232. The Kier molecular flexibility index (Phi) is 5.79. The molecule has 0 saturated carbocycles. The predicted octanol–water partition coefficient (Wildman–Crippen LogP) is 0.933. The van der Waals surface area contributed by atoms with Crippen molar-refractivity contribution in [1.29, 1.82) is 0 Å². The highest BCUT2D eigenvalue weighted by molar-refractivity contribution is 7.58. The van der Waals surface area contributed by atoms with Crippen molar-refractivity contribution in [2.45, 2.75) is 0 Å². The highest BCUT2D eigenvalue weighted by Gasteiger charge is 2.15. The van der Waals surface area contributed by atoms with Crippen LogP contribution in [0.25, 0.3) is 0 Å². The minimum atomic E-state index is -2.78. The summed E-state index contributed by atoms with van der Waals surface area (Å²) in [6, 6.07) is 0. The van der Waals surface area contributed by atoms with E-state index in [9.17, 15) is 14.2 Å². The van der Waals surface area contributed by atoms with Crippen LogP contribution >= 0.6 is 7.37 Å². The number of carbonyl (C=O) groups excluding carboxylic acids is 2. The summed E-state index contributed by atoms with van der Waals surface area (Å²) in [6.45, 7) is 1.41. The van der Waals surface area contributed by atoms with E-state index < -0.39 is 13.3 Å². The Labute approximate surface area is 87.4 Å². The van der Waals surface area contributed by atoms with Gasteiger partial charge in [-0.2, -0.15) is 4.99 Å². The SMILES string of the molecule is COC(=O)C(=CCP(C)(=O)OC)N=C=O. The molecule has 0 radical (unpaired) electrons. The number of hydrogen-bond acceptors (Lipinski definition) is 6. The lowest BCUT2D eigenvalue weighted by molar-refractivity contribution is -0.136. The molecule has 0 N–H and O–H groups in total. The van der Waals surface area contributed by atoms with Crippen molar-refractivity contribution in [1.82, 2.24) is 0 Å². The number of carbonyl (C=O) groups is 1. The molecule has 0 aromatic rings. The summed E-state index contributed by atoms with van der Waals surface area (Å²) in [7, 11) is -0.323. The lowest BCUT2D eigenvalue weighted by atomic mass is 10.4. The molecular formula is C8H12NO5P. The number of hydrogen-bond donors (Lipinski definition) is 0. The minimum absolute atomic E-state index is 0.000880. The molecular weight excluding hydrogens is 221 g/mol. The zero-order chi connectivity index (χ0) is 11.9. The summed E-state index contributed by atoms with van der Waals surface area (Å²) in [6.07, 6.45) is 2.44. The molecule has 0 saturated heterocycles. The van der Waals surface area contributed by atoms with Gasteiger partial charge < -0.3 is 9.26 Å². The lowest BCUT2D eigenvalue weighted by Gasteiger charge is -2.06. The maximum absolute atomic E-state index is 11.4. The third-order valence-corrected chi connectivity index (χ3v) is 3.18. The van der Waals surface area contributed by atoms with Gasteiger partial charge in [-0.15, -0.1) is 0 Å². The highest BCUT2D eigenvalue weighted by Crippen LogP contribution is 2.41. The van der Waals surface area contributed by atoms with Crippen molar-refractivity contribution in [3.8, 4) is 0 Å². The Morgan fingerprint density at radius 2 is 2.13 bits per heavy atom. The van der Waals surface area contributed by atoms with Crippen molar-refractivity contribution in [2.24, 2.45) is 4.99 Å². The van der Waals surface area contributed by atoms with Crippen LogP contribution in [0, 0.1) is 0 Å². The molecule has 15 heavy (non-hydrogen) atoms. The number of esters is 1. The average Bonchev–Trinajstić information content (AvgIpc) is 2.23. The summed E-state index contributed by atoms with van der Waals surface area (Å²) in [4.78, 5) is 24.1. The van der Waals surface area contributed by atoms with Crippen LogP contribution in [0.1, 0.15) is 0 Å². The van der Waals surface area contributed by atoms with Crippen LogP contribution in [0.15, 0.2) is 16.8 Å². The monoisotopic (exact) mass is 233 g/mol. The first kappa shape index (κ1) is 13.8. The summed E-state index contributed by atoms with van der Waals surface area (Å²) in [5.74, 6) is -0.783. The second kappa shape index (κ2) is 6.30. The normalized spacial score (nSPS) is 15.0. The van der Waals surface area contributed by atoms with Gasteiger partial charge in [-0.05, 0) is 6.08 Å². The Bertz CT molecular complexity index is 356. The van der Waals surface area contributed by atoms with Crippen LogP contribution in [0.4, 0.5) is 0 Å². The van der Waals surface area contributed by atoms with Gasteiger partial charge in [-0.25, -0.2) is 9.59 Å². The lowest BCUT2D eigenvalue weighted by Crippen LogP contribution is -2.03. The minimum Gasteiger partial charge on any atom is -0.464 e. The van der Waals surface area contributed by atoms with E-state index in [0.717, 1.165) is 7.11 Å². The average molecular weight is 233 g/mol. The maximum Gasteiger partial charge on any atom is 0.357 e. The molecule has 0 fully saturated rings. The highest BCUT2D eigenvalue weighted by atomic mass is 31.2. The number of isocyanates is 1. The van der Waals surface area contributed by atoms with E-state index in [0.29, 0.717) is 0 Å². The molecule has 0 aliphatic rings. The second-order valence-electron chi connectivity index (χ2n) is 2.66. The molecule has 1 atom stereocenters. The van der Waals surface area contributed by atoms with E-state index in [1.54, 1.807) is 0 Å². The molecule has 0 spiro atoms. The zero-order valence-corrected chi connectivity index (χ0v) is 9.61. The molecule has 84 valence electrons. The Morgan fingerprint density at radius 3 is 2.53 bits per heavy atom. The summed E-state index contributed by atoms with van der Waals surface area (Å²) in [5, 5.41) is 0. The van der Waals surface area contributed by atoms with E-state index in [1.165, 1.54) is 25.9 Å². The maximum atomic E-state index is 11.4. The molecule has 0 aromatic carbocycles. The topological polar surface area (TPSA) is 82.0 Å². The van der Waals surface area contributed by atoms with Crippen LogP contribution < -0.4 is 0 Å². The van der Waals surface area contributed by atoms with Crippen LogP contribution in [0.2, 0.25) is 0 Å². The largest absolute Gasteiger partial charge is 0.464 e. The Hall–Kier alpha value is -1.22. The third-order valence-electron chi connectivity index (χ3n) is 1.56. The molecule has 6 nitrogen and oxygen atoms in total. The first-order valence-corrected chi connectivity index (χ1v) is 6.21. The summed E-state index contributed by atoms with van der Waals surface area (Å²) >= 11 is 0. The molecule has 1 unspecified atom stereocenters. The molecule has 0 bridgehead atoms. The van der Waals surface area contributed by atoms with E-state index in [4.69, 9.17) is 4.52 Å². The van der Waals surface area contributed by atoms with Crippen LogP contribution in [0.3, 0.4) is 0 Å². The van der Waals surface area contributed by atoms with E-state index >= 15 is 0 Å². The van der Waals surface area contributed by atoms with Gasteiger partial charge in [-0.1, -0.05) is 0 Å². The molecule has 0 aliphatic carbocycles. The van der Waals surface area contributed by atoms with Crippen molar-refractivity contribution in [3.05, 3.63) is 11.8 Å². The van der Waals surface area contributed by atoms with Crippen LogP contribution in [-0.4, -0.2) is 39.1 Å². The van der Waals surface area contributed by atoms with Crippen molar-refractivity contribution >= 4 is 19.4 Å². The van der Waals surface area contributed by atoms with Crippen LogP contribution in [-0.2, 0) is 23.4 Å². The molecule has 0 heterocycles. The third kappa shape index (κ3) is 5.27. The van der Waals surface area contributed by atoms with Gasteiger partial charge in [0.1, 0.15) is 0 Å². The molecule has 0 aliphatic heterocycles. The van der Waals surface area contributed by atoms with Crippen molar-refractivity contribution in [3.63, 3.8) is 0 Å². The number of ether oxygens (including phenoxy) is 1. The van der Waals surface area contributed by atoms with Gasteiger partial charge in [0.05, 0.1) is 7.11 Å².